The van der Waals surface area contributed by atoms with E-state index in [4.69, 9.17) is 9.47 Å². The molecule has 0 amide bonds. The van der Waals surface area contributed by atoms with Crippen LogP contribution in [0.2, 0.25) is 0 Å². The molecule has 1 saturated heterocycles. The van der Waals surface area contributed by atoms with Crippen LogP contribution in [0.4, 0.5) is 0 Å². The Balaban J connectivity index is 2.37. The molecule has 1 heterocycles. The predicted molar refractivity (Wildman–Crippen MR) is 46.1 cm³/mol. The Morgan fingerprint density at radius 2 is 2.15 bits per heavy atom. The monoisotopic (exact) mass is 188 g/mol. The SMILES string of the molecule is COC(=O)CC1CC(C)OC(C)O1. The topological polar surface area (TPSA) is 44.8 Å². The van der Waals surface area contributed by atoms with Gasteiger partial charge >= 0.3 is 5.97 Å². The molecule has 1 rings (SSSR count). The Morgan fingerprint density at radius 1 is 1.46 bits per heavy atom. The zero-order valence-electron chi connectivity index (χ0n) is 8.28. The smallest absolute Gasteiger partial charge is 0.308 e. The van der Waals surface area contributed by atoms with Gasteiger partial charge in [0.05, 0.1) is 25.7 Å². The van der Waals surface area contributed by atoms with E-state index in [0.29, 0.717) is 6.42 Å². The van der Waals surface area contributed by atoms with Crippen molar-refractivity contribution < 1.29 is 19.0 Å². The standard InChI is InChI=1S/C9H16O4/c1-6-4-8(5-9(10)11-3)13-7(2)12-6/h6-8H,4-5H2,1-3H3. The first-order valence-electron chi connectivity index (χ1n) is 4.49. The first-order chi connectivity index (χ1) is 6.11. The molecule has 0 spiro atoms. The van der Waals surface area contributed by atoms with Crippen molar-refractivity contribution >= 4 is 5.97 Å². The third-order valence-electron chi connectivity index (χ3n) is 2.02. The lowest BCUT2D eigenvalue weighted by atomic mass is 10.1. The van der Waals surface area contributed by atoms with Crippen molar-refractivity contribution in [2.45, 2.75) is 45.2 Å². The molecule has 4 nitrogen and oxygen atoms in total. The highest BCUT2D eigenvalue weighted by Gasteiger charge is 2.26. The van der Waals surface area contributed by atoms with E-state index in [9.17, 15) is 4.79 Å². The van der Waals surface area contributed by atoms with Crippen LogP contribution < -0.4 is 0 Å². The van der Waals surface area contributed by atoms with E-state index in [-0.39, 0.29) is 24.5 Å². The number of rotatable bonds is 2. The van der Waals surface area contributed by atoms with Crippen LogP contribution in [0.1, 0.15) is 26.7 Å². The summed E-state index contributed by atoms with van der Waals surface area (Å²) in [6.07, 6.45) is 0.927. The number of hydrogen-bond donors (Lipinski definition) is 0. The van der Waals surface area contributed by atoms with Crippen molar-refractivity contribution in [3.8, 4) is 0 Å². The number of ether oxygens (including phenoxy) is 3. The molecule has 1 aliphatic rings. The molecule has 0 aromatic carbocycles. The van der Waals surface area contributed by atoms with Gasteiger partial charge in [0, 0.05) is 6.42 Å². The van der Waals surface area contributed by atoms with E-state index < -0.39 is 0 Å². The molecule has 3 atom stereocenters. The van der Waals surface area contributed by atoms with Crippen molar-refractivity contribution in [3.05, 3.63) is 0 Å². The Hall–Kier alpha value is -0.610. The van der Waals surface area contributed by atoms with E-state index in [2.05, 4.69) is 4.74 Å². The van der Waals surface area contributed by atoms with Crippen LogP contribution in [-0.2, 0) is 19.0 Å². The number of carbonyl (C=O) groups is 1. The summed E-state index contributed by atoms with van der Waals surface area (Å²) in [6.45, 7) is 3.81. The van der Waals surface area contributed by atoms with E-state index in [0.717, 1.165) is 6.42 Å². The zero-order chi connectivity index (χ0) is 9.84. The summed E-state index contributed by atoms with van der Waals surface area (Å²) in [7, 11) is 1.38. The van der Waals surface area contributed by atoms with Crippen LogP contribution >= 0.6 is 0 Å². The largest absolute Gasteiger partial charge is 0.469 e. The van der Waals surface area contributed by atoms with Gasteiger partial charge in [0.25, 0.3) is 0 Å². The van der Waals surface area contributed by atoms with Crippen LogP contribution in [0.5, 0.6) is 0 Å². The molecular formula is C9H16O4. The summed E-state index contributed by atoms with van der Waals surface area (Å²) < 4.78 is 15.3. The maximum atomic E-state index is 11.0. The van der Waals surface area contributed by atoms with E-state index in [1.54, 1.807) is 0 Å². The molecular weight excluding hydrogens is 172 g/mol. The summed E-state index contributed by atoms with van der Waals surface area (Å²) in [5, 5.41) is 0. The lowest BCUT2D eigenvalue weighted by molar-refractivity contribution is -0.231. The van der Waals surface area contributed by atoms with Gasteiger partial charge < -0.3 is 14.2 Å². The zero-order valence-corrected chi connectivity index (χ0v) is 8.28. The highest BCUT2D eigenvalue weighted by molar-refractivity contribution is 5.69. The van der Waals surface area contributed by atoms with Crippen molar-refractivity contribution in [1.29, 1.82) is 0 Å². The summed E-state index contributed by atoms with van der Waals surface area (Å²) in [5.41, 5.74) is 0. The molecule has 0 aliphatic carbocycles. The fraction of sp³-hybridized carbons (Fsp3) is 0.889. The minimum Gasteiger partial charge on any atom is -0.469 e. The molecule has 0 aromatic rings. The number of carbonyl (C=O) groups excluding carboxylic acids is 1. The summed E-state index contributed by atoms with van der Waals surface area (Å²) >= 11 is 0. The molecule has 3 unspecified atom stereocenters. The van der Waals surface area contributed by atoms with Gasteiger partial charge in [-0.25, -0.2) is 0 Å². The van der Waals surface area contributed by atoms with E-state index in [1.165, 1.54) is 7.11 Å². The molecule has 0 N–H and O–H groups in total. The van der Waals surface area contributed by atoms with Gasteiger partial charge in [0.2, 0.25) is 0 Å². The maximum absolute atomic E-state index is 11.0. The van der Waals surface area contributed by atoms with Crippen LogP contribution in [0.25, 0.3) is 0 Å². The first kappa shape index (κ1) is 10.5. The normalized spacial score (nSPS) is 34.2. The first-order valence-corrected chi connectivity index (χ1v) is 4.49. The van der Waals surface area contributed by atoms with Gasteiger partial charge in [-0.1, -0.05) is 0 Å². The van der Waals surface area contributed by atoms with E-state index in [1.807, 2.05) is 13.8 Å². The number of hydrogen-bond acceptors (Lipinski definition) is 4. The third kappa shape index (κ3) is 3.32. The van der Waals surface area contributed by atoms with Crippen molar-refractivity contribution in [3.63, 3.8) is 0 Å². The molecule has 1 fully saturated rings. The van der Waals surface area contributed by atoms with Crippen molar-refractivity contribution in [2.24, 2.45) is 0 Å². The Labute approximate surface area is 78.2 Å². The van der Waals surface area contributed by atoms with Crippen LogP contribution in [-0.4, -0.2) is 31.6 Å². The highest BCUT2D eigenvalue weighted by atomic mass is 16.7. The Kier molecular flexibility index (Phi) is 3.69. The summed E-state index contributed by atoms with van der Waals surface area (Å²) in [5.74, 6) is -0.230. The predicted octanol–water partition coefficient (Wildman–Crippen LogP) is 1.09. The molecule has 0 radical (unpaired) electrons. The molecule has 4 heteroatoms. The minimum atomic E-state index is -0.230. The Morgan fingerprint density at radius 3 is 2.69 bits per heavy atom. The second kappa shape index (κ2) is 4.58. The highest BCUT2D eigenvalue weighted by Crippen LogP contribution is 2.20. The van der Waals surface area contributed by atoms with Crippen LogP contribution in [0, 0.1) is 0 Å². The molecule has 76 valence electrons. The second-order valence-electron chi connectivity index (χ2n) is 3.29. The molecule has 1 aliphatic heterocycles. The van der Waals surface area contributed by atoms with Gasteiger partial charge in [-0.05, 0) is 13.8 Å². The lowest BCUT2D eigenvalue weighted by Crippen LogP contribution is -2.36. The van der Waals surface area contributed by atoms with Gasteiger partial charge in [-0.3, -0.25) is 4.79 Å². The third-order valence-corrected chi connectivity index (χ3v) is 2.02. The molecule has 0 saturated carbocycles. The summed E-state index contributed by atoms with van der Waals surface area (Å²) in [4.78, 5) is 11.0. The van der Waals surface area contributed by atoms with Crippen LogP contribution in [0.15, 0.2) is 0 Å². The number of esters is 1. The molecule has 13 heavy (non-hydrogen) atoms. The molecule has 0 bridgehead atoms. The van der Waals surface area contributed by atoms with E-state index >= 15 is 0 Å². The average Bonchev–Trinajstić information content (AvgIpc) is 2.02. The lowest BCUT2D eigenvalue weighted by Gasteiger charge is -2.31. The van der Waals surface area contributed by atoms with Gasteiger partial charge in [-0.15, -0.1) is 0 Å². The second-order valence-corrected chi connectivity index (χ2v) is 3.29. The number of methoxy groups -OCH3 is 1. The maximum Gasteiger partial charge on any atom is 0.308 e. The average molecular weight is 188 g/mol. The van der Waals surface area contributed by atoms with Gasteiger partial charge in [-0.2, -0.15) is 0 Å². The quantitative estimate of drug-likeness (QED) is 0.608. The van der Waals surface area contributed by atoms with Gasteiger partial charge in [0.15, 0.2) is 6.29 Å². The van der Waals surface area contributed by atoms with Gasteiger partial charge in [0.1, 0.15) is 0 Å². The fourth-order valence-corrected chi connectivity index (χ4v) is 1.51. The Bertz CT molecular complexity index is 170. The summed E-state index contributed by atoms with van der Waals surface area (Å²) in [6, 6.07) is 0. The molecule has 0 aromatic heterocycles. The van der Waals surface area contributed by atoms with Crippen molar-refractivity contribution in [2.75, 3.05) is 7.11 Å². The van der Waals surface area contributed by atoms with Crippen molar-refractivity contribution in [1.82, 2.24) is 0 Å². The van der Waals surface area contributed by atoms with Crippen LogP contribution in [0.3, 0.4) is 0 Å². The fourth-order valence-electron chi connectivity index (χ4n) is 1.51. The minimum absolute atomic E-state index is 0.0637.